The molecule has 174 valence electrons. The maximum Gasteiger partial charge on any atom is 0.258 e. The third-order valence-electron chi connectivity index (χ3n) is 6.21. The van der Waals surface area contributed by atoms with E-state index in [0.29, 0.717) is 24.8 Å². The Bertz CT molecular complexity index is 1010. The number of nitrogens with one attached hydrogen (secondary N) is 3. The van der Waals surface area contributed by atoms with Gasteiger partial charge in [-0.3, -0.25) is 4.79 Å². The molecule has 0 heterocycles. The van der Waals surface area contributed by atoms with E-state index in [1.165, 1.54) is 18.7 Å². The number of phenols is 1. The maximum absolute atomic E-state index is 13.0. The van der Waals surface area contributed by atoms with E-state index in [1.54, 1.807) is 12.1 Å². The molecule has 8 heteroatoms. The molecule has 1 aliphatic carbocycles. The molecule has 0 radical (unpaired) electrons. The second kappa shape index (κ2) is 11.2. The number of aliphatic imine (C=N–C) groups is 1. The molecule has 0 saturated heterocycles. The van der Waals surface area contributed by atoms with Crippen LogP contribution in [0.1, 0.15) is 48.5 Å². The Morgan fingerprint density at radius 1 is 1.18 bits per heavy atom. The number of carbonyl (C=O) groups is 1. The van der Waals surface area contributed by atoms with Gasteiger partial charge in [-0.05, 0) is 50.3 Å². The molecule has 1 amide bonds. The Kier molecular flexibility index (Phi) is 8.14. The van der Waals surface area contributed by atoms with Gasteiger partial charge in [0.1, 0.15) is 17.1 Å². The first-order valence-electron chi connectivity index (χ1n) is 11.2. The highest BCUT2D eigenvalue weighted by Gasteiger charge is 2.37. The van der Waals surface area contributed by atoms with Gasteiger partial charge in [0.2, 0.25) is 12.2 Å². The third-order valence-corrected chi connectivity index (χ3v) is 6.21. The number of nitriles is 1. The Hall–Kier alpha value is -3.73. The zero-order chi connectivity index (χ0) is 23.7. The SMILES string of the molecule is CCN/C(=N\C#N)N[C@H]1CC[C@](CNC(=O)c2c(O)cccc2OC)(c2ccccc2)CC1. The fraction of sp³-hybridized carbons (Fsp3) is 0.400. The van der Waals surface area contributed by atoms with Crippen molar-refractivity contribution in [2.75, 3.05) is 20.2 Å². The van der Waals surface area contributed by atoms with Crippen LogP contribution in [0.15, 0.2) is 53.5 Å². The molecule has 2 aromatic rings. The minimum absolute atomic E-state index is 0.110. The van der Waals surface area contributed by atoms with Gasteiger partial charge in [-0.1, -0.05) is 36.4 Å². The predicted molar refractivity (Wildman–Crippen MR) is 127 cm³/mol. The molecule has 1 saturated carbocycles. The predicted octanol–water partition coefficient (Wildman–Crippen LogP) is 3.05. The lowest BCUT2D eigenvalue weighted by Gasteiger charge is -2.41. The van der Waals surface area contributed by atoms with Crippen molar-refractivity contribution in [3.05, 3.63) is 59.7 Å². The van der Waals surface area contributed by atoms with Gasteiger partial charge in [-0.25, -0.2) is 0 Å². The fourth-order valence-corrected chi connectivity index (χ4v) is 4.46. The maximum atomic E-state index is 13.0. The van der Waals surface area contributed by atoms with Crippen LogP contribution in [0, 0.1) is 11.5 Å². The van der Waals surface area contributed by atoms with Crippen molar-refractivity contribution in [3.8, 4) is 17.7 Å². The minimum atomic E-state index is -0.365. The number of carbonyl (C=O) groups excluding carboxylic acids is 1. The van der Waals surface area contributed by atoms with Crippen molar-refractivity contribution in [1.82, 2.24) is 16.0 Å². The van der Waals surface area contributed by atoms with Gasteiger partial charge < -0.3 is 25.8 Å². The van der Waals surface area contributed by atoms with Crippen LogP contribution in [0.2, 0.25) is 0 Å². The van der Waals surface area contributed by atoms with E-state index in [-0.39, 0.29) is 28.7 Å². The van der Waals surface area contributed by atoms with Crippen LogP contribution in [0.25, 0.3) is 0 Å². The molecule has 2 aromatic carbocycles. The van der Waals surface area contributed by atoms with Gasteiger partial charge in [0, 0.05) is 24.5 Å². The van der Waals surface area contributed by atoms with Crippen LogP contribution >= 0.6 is 0 Å². The van der Waals surface area contributed by atoms with Gasteiger partial charge in [-0.2, -0.15) is 5.26 Å². The van der Waals surface area contributed by atoms with Crippen molar-refractivity contribution in [2.45, 2.75) is 44.1 Å². The molecule has 33 heavy (non-hydrogen) atoms. The van der Waals surface area contributed by atoms with Crippen LogP contribution < -0.4 is 20.7 Å². The van der Waals surface area contributed by atoms with Gasteiger partial charge in [0.15, 0.2) is 0 Å². The largest absolute Gasteiger partial charge is 0.507 e. The standard InChI is InChI=1S/C25H31N5O3/c1-3-27-24(29-17-26)30-19-12-14-25(15-13-19,18-8-5-4-6-9-18)16-28-23(32)22-20(31)10-7-11-21(22)33-2/h4-11,19,31H,3,12-16H2,1-2H3,(H,28,32)(H2,27,29,30)/t19-,25-. The number of guanidine groups is 1. The molecule has 4 N–H and O–H groups in total. The summed E-state index contributed by atoms with van der Waals surface area (Å²) in [5, 5.41) is 28.6. The average molecular weight is 450 g/mol. The van der Waals surface area contributed by atoms with E-state index in [0.717, 1.165) is 25.7 Å². The van der Waals surface area contributed by atoms with Crippen LogP contribution in [0.3, 0.4) is 0 Å². The average Bonchev–Trinajstić information content (AvgIpc) is 2.84. The molecular formula is C25H31N5O3. The smallest absolute Gasteiger partial charge is 0.258 e. The minimum Gasteiger partial charge on any atom is -0.507 e. The number of hydrogen-bond donors (Lipinski definition) is 4. The number of methoxy groups -OCH3 is 1. The number of hydrogen-bond acceptors (Lipinski definition) is 5. The summed E-state index contributed by atoms with van der Waals surface area (Å²) in [6.45, 7) is 3.07. The first-order chi connectivity index (χ1) is 16.0. The van der Waals surface area contributed by atoms with E-state index in [2.05, 4.69) is 33.1 Å². The number of aromatic hydroxyl groups is 1. The summed E-state index contributed by atoms with van der Waals surface area (Å²) < 4.78 is 5.27. The normalized spacial score (nSPS) is 20.4. The summed E-state index contributed by atoms with van der Waals surface area (Å²) in [6.07, 6.45) is 5.25. The number of phenolic OH excluding ortho intramolecular Hbond substituents is 1. The number of ether oxygens (including phenoxy) is 1. The summed E-state index contributed by atoms with van der Waals surface area (Å²) in [5.74, 6) is 0.358. The fourth-order valence-electron chi connectivity index (χ4n) is 4.46. The Morgan fingerprint density at radius 3 is 2.55 bits per heavy atom. The summed E-state index contributed by atoms with van der Waals surface area (Å²) in [7, 11) is 1.47. The Morgan fingerprint density at radius 2 is 1.91 bits per heavy atom. The summed E-state index contributed by atoms with van der Waals surface area (Å²) in [6, 6.07) is 15.2. The van der Waals surface area contributed by atoms with E-state index in [4.69, 9.17) is 10.00 Å². The second-order valence-electron chi connectivity index (χ2n) is 8.19. The molecule has 3 rings (SSSR count). The molecule has 8 nitrogen and oxygen atoms in total. The van der Waals surface area contributed by atoms with Crippen LogP contribution in [-0.4, -0.2) is 43.2 Å². The monoisotopic (exact) mass is 449 g/mol. The van der Waals surface area contributed by atoms with Gasteiger partial charge in [0.25, 0.3) is 5.91 Å². The quantitative estimate of drug-likeness (QED) is 0.293. The van der Waals surface area contributed by atoms with Crippen LogP contribution in [0.5, 0.6) is 11.5 Å². The zero-order valence-corrected chi connectivity index (χ0v) is 19.1. The molecule has 0 unspecified atom stereocenters. The molecule has 0 aliphatic heterocycles. The van der Waals surface area contributed by atoms with Crippen molar-refractivity contribution in [2.24, 2.45) is 4.99 Å². The highest BCUT2D eigenvalue weighted by atomic mass is 16.5. The third kappa shape index (κ3) is 5.75. The van der Waals surface area contributed by atoms with Gasteiger partial charge in [0.05, 0.1) is 7.11 Å². The molecule has 0 spiro atoms. The molecule has 1 aliphatic rings. The second-order valence-corrected chi connectivity index (χ2v) is 8.19. The molecule has 0 aromatic heterocycles. The lowest BCUT2D eigenvalue weighted by atomic mass is 9.68. The van der Waals surface area contributed by atoms with Crippen molar-refractivity contribution < 1.29 is 14.6 Å². The highest BCUT2D eigenvalue weighted by Crippen LogP contribution is 2.39. The molecule has 0 bridgehead atoms. The summed E-state index contributed by atoms with van der Waals surface area (Å²) in [5.41, 5.74) is 1.07. The number of amides is 1. The molecule has 0 atom stereocenters. The molecular weight excluding hydrogens is 418 g/mol. The lowest BCUT2D eigenvalue weighted by molar-refractivity contribution is 0.0929. The summed E-state index contributed by atoms with van der Waals surface area (Å²) >= 11 is 0. The zero-order valence-electron chi connectivity index (χ0n) is 19.1. The van der Waals surface area contributed by atoms with Crippen LogP contribution in [-0.2, 0) is 5.41 Å². The lowest BCUT2D eigenvalue weighted by Crippen LogP contribution is -2.49. The highest BCUT2D eigenvalue weighted by molar-refractivity contribution is 5.99. The van der Waals surface area contributed by atoms with Gasteiger partial charge >= 0.3 is 0 Å². The van der Waals surface area contributed by atoms with Crippen LogP contribution in [0.4, 0.5) is 0 Å². The van der Waals surface area contributed by atoms with E-state index < -0.39 is 0 Å². The van der Waals surface area contributed by atoms with Crippen molar-refractivity contribution >= 4 is 11.9 Å². The summed E-state index contributed by atoms with van der Waals surface area (Å²) in [4.78, 5) is 16.8. The van der Waals surface area contributed by atoms with E-state index in [1.807, 2.05) is 31.3 Å². The topological polar surface area (TPSA) is 119 Å². The van der Waals surface area contributed by atoms with Crippen molar-refractivity contribution in [3.63, 3.8) is 0 Å². The Balaban J connectivity index is 1.76. The van der Waals surface area contributed by atoms with Gasteiger partial charge in [-0.15, -0.1) is 4.99 Å². The van der Waals surface area contributed by atoms with Crippen molar-refractivity contribution in [1.29, 1.82) is 5.26 Å². The number of benzene rings is 2. The first-order valence-corrected chi connectivity index (χ1v) is 11.2. The number of rotatable bonds is 7. The molecule has 1 fully saturated rings. The van der Waals surface area contributed by atoms with E-state index >= 15 is 0 Å². The first kappa shape index (κ1) is 23.9. The Labute approximate surface area is 194 Å². The number of nitrogens with zero attached hydrogens (tertiary/aromatic N) is 2. The van der Waals surface area contributed by atoms with E-state index in [9.17, 15) is 9.90 Å².